The lowest BCUT2D eigenvalue weighted by Gasteiger charge is -2.19. The summed E-state index contributed by atoms with van der Waals surface area (Å²) < 4.78 is 5.09. The number of quaternary nitrogens is 1. The highest BCUT2D eigenvalue weighted by Crippen LogP contribution is 2.14. The Labute approximate surface area is 144 Å². The van der Waals surface area contributed by atoms with Crippen molar-refractivity contribution in [2.45, 2.75) is 39.7 Å². The molecule has 1 rings (SSSR count). The lowest BCUT2D eigenvalue weighted by molar-refractivity contribution is -0.881. The van der Waals surface area contributed by atoms with Crippen LogP contribution in [0.2, 0.25) is 0 Å². The zero-order valence-electron chi connectivity index (χ0n) is 15.1. The van der Waals surface area contributed by atoms with E-state index in [1.807, 2.05) is 6.92 Å². The van der Waals surface area contributed by atoms with E-state index in [0.717, 1.165) is 29.2 Å². The minimum absolute atomic E-state index is 0.00204. The van der Waals surface area contributed by atoms with Crippen LogP contribution in [-0.4, -0.2) is 44.6 Å². The smallest absolute Gasteiger partial charge is 0.279 e. The molecule has 134 valence electrons. The number of amides is 2. The Morgan fingerprint density at radius 2 is 1.62 bits per heavy atom. The first-order valence-corrected chi connectivity index (χ1v) is 8.59. The zero-order valence-corrected chi connectivity index (χ0v) is 15.1. The highest BCUT2D eigenvalue weighted by atomic mass is 16.5. The number of ether oxygens (including phenoxy) is 1. The monoisotopic (exact) mass is 336 g/mol. The van der Waals surface area contributed by atoms with E-state index in [1.54, 1.807) is 31.4 Å². The summed E-state index contributed by atoms with van der Waals surface area (Å²) in [5, 5.41) is 5.86. The number of rotatable bonds is 10. The van der Waals surface area contributed by atoms with Crippen LogP contribution in [0.15, 0.2) is 24.3 Å². The molecule has 1 aromatic rings. The van der Waals surface area contributed by atoms with Crippen LogP contribution in [0.3, 0.4) is 0 Å². The Bertz CT molecular complexity index is 513. The van der Waals surface area contributed by atoms with Crippen molar-refractivity contribution in [1.29, 1.82) is 0 Å². The molecule has 0 aliphatic rings. The van der Waals surface area contributed by atoms with Gasteiger partial charge in [-0.15, -0.1) is 0 Å². The van der Waals surface area contributed by atoms with E-state index < -0.39 is 0 Å². The average Bonchev–Trinajstić information content (AvgIpc) is 2.59. The Hall–Kier alpha value is -2.08. The molecule has 0 fully saturated rings. The average molecular weight is 336 g/mol. The molecule has 1 aromatic carbocycles. The van der Waals surface area contributed by atoms with Crippen LogP contribution < -0.4 is 20.3 Å². The van der Waals surface area contributed by atoms with E-state index in [4.69, 9.17) is 4.74 Å². The first kappa shape index (κ1) is 20.0. The number of likely N-dealkylation sites (N-methyl/N-ethyl adjacent to an activating group) is 1. The number of hydrogen-bond acceptors (Lipinski definition) is 3. The van der Waals surface area contributed by atoms with Crippen molar-refractivity contribution in [3.05, 3.63) is 24.3 Å². The summed E-state index contributed by atoms with van der Waals surface area (Å²) in [6.07, 6.45) is 1.84. The summed E-state index contributed by atoms with van der Waals surface area (Å²) in [4.78, 5) is 25.2. The van der Waals surface area contributed by atoms with Crippen molar-refractivity contribution in [3.63, 3.8) is 0 Å². The molecule has 0 aliphatic heterocycles. The molecule has 24 heavy (non-hydrogen) atoms. The van der Waals surface area contributed by atoms with Gasteiger partial charge in [0.1, 0.15) is 5.75 Å². The lowest BCUT2D eigenvalue weighted by Crippen LogP contribution is -3.14. The van der Waals surface area contributed by atoms with Gasteiger partial charge in [0, 0.05) is 11.7 Å². The van der Waals surface area contributed by atoms with Gasteiger partial charge in [-0.25, -0.2) is 0 Å². The molecule has 0 saturated heterocycles. The first-order chi connectivity index (χ1) is 11.5. The molecule has 2 amide bonds. The quantitative estimate of drug-likeness (QED) is 0.593. The summed E-state index contributed by atoms with van der Waals surface area (Å²) in [6, 6.07) is 7.39. The van der Waals surface area contributed by atoms with Gasteiger partial charge in [0.15, 0.2) is 13.1 Å². The summed E-state index contributed by atoms with van der Waals surface area (Å²) >= 11 is 0. The zero-order chi connectivity index (χ0) is 17.9. The molecule has 3 N–H and O–H groups in total. The van der Waals surface area contributed by atoms with Gasteiger partial charge in [-0.1, -0.05) is 13.8 Å². The lowest BCUT2D eigenvalue weighted by atomic mass is 10.2. The molecule has 0 radical (unpaired) electrons. The topological polar surface area (TPSA) is 71.9 Å². The van der Waals surface area contributed by atoms with Crippen molar-refractivity contribution in [2.24, 2.45) is 0 Å². The minimum Gasteiger partial charge on any atom is -0.497 e. The molecule has 0 aliphatic carbocycles. The van der Waals surface area contributed by atoms with Gasteiger partial charge in [-0.3, -0.25) is 9.59 Å². The summed E-state index contributed by atoms with van der Waals surface area (Å²) in [6.45, 7) is 7.37. The maximum absolute atomic E-state index is 12.2. The molecule has 1 atom stereocenters. The maximum atomic E-state index is 12.2. The number of methoxy groups -OCH3 is 1. The Kier molecular flexibility index (Phi) is 8.86. The number of hydrogen-bond donors (Lipinski definition) is 3. The van der Waals surface area contributed by atoms with Gasteiger partial charge in [-0.05, 0) is 44.0 Å². The molecule has 1 unspecified atom stereocenters. The standard InChI is InChI=1S/C18H29N3O3/c1-5-14(6-2)19-17(22)12-21(7-3)13-18(23)20-15-8-10-16(24-4)11-9-15/h8-11,14H,5-7,12-13H2,1-4H3,(H,19,22)(H,20,23)/p+1. The molecule has 0 saturated carbocycles. The second-order valence-corrected chi connectivity index (χ2v) is 5.81. The highest BCUT2D eigenvalue weighted by Gasteiger charge is 2.18. The van der Waals surface area contributed by atoms with Crippen molar-refractivity contribution in [3.8, 4) is 5.75 Å². The van der Waals surface area contributed by atoms with Crippen LogP contribution in [0, 0.1) is 0 Å². The summed E-state index contributed by atoms with van der Waals surface area (Å²) in [7, 11) is 1.60. The molecule has 6 nitrogen and oxygen atoms in total. The molecule has 6 heteroatoms. The predicted molar refractivity (Wildman–Crippen MR) is 95.4 cm³/mol. The van der Waals surface area contributed by atoms with Crippen LogP contribution >= 0.6 is 0 Å². The third-order valence-electron chi connectivity index (χ3n) is 4.05. The minimum atomic E-state index is -0.104. The van der Waals surface area contributed by atoms with Crippen LogP contribution in [0.1, 0.15) is 33.6 Å². The van der Waals surface area contributed by atoms with Gasteiger partial charge in [0.25, 0.3) is 11.8 Å². The first-order valence-electron chi connectivity index (χ1n) is 8.59. The maximum Gasteiger partial charge on any atom is 0.279 e. The Morgan fingerprint density at radius 3 is 2.12 bits per heavy atom. The van der Waals surface area contributed by atoms with E-state index in [1.165, 1.54) is 0 Å². The largest absolute Gasteiger partial charge is 0.497 e. The van der Waals surface area contributed by atoms with Crippen LogP contribution in [0.25, 0.3) is 0 Å². The van der Waals surface area contributed by atoms with Gasteiger partial charge in [-0.2, -0.15) is 0 Å². The highest BCUT2D eigenvalue weighted by molar-refractivity contribution is 5.91. The van der Waals surface area contributed by atoms with E-state index in [9.17, 15) is 9.59 Å². The molecular weight excluding hydrogens is 306 g/mol. The van der Waals surface area contributed by atoms with Crippen LogP contribution in [0.5, 0.6) is 5.75 Å². The number of anilines is 1. The Balaban J connectivity index is 2.48. The molecule has 0 aromatic heterocycles. The van der Waals surface area contributed by atoms with Gasteiger partial charge in [0.05, 0.1) is 13.7 Å². The van der Waals surface area contributed by atoms with Crippen molar-refractivity contribution < 1.29 is 19.2 Å². The van der Waals surface area contributed by atoms with Crippen LogP contribution in [0.4, 0.5) is 5.69 Å². The Morgan fingerprint density at radius 1 is 1.04 bits per heavy atom. The van der Waals surface area contributed by atoms with Crippen molar-refractivity contribution in [1.82, 2.24) is 5.32 Å². The summed E-state index contributed by atoms with van der Waals surface area (Å²) in [5.74, 6) is 0.636. The SMILES string of the molecule is CCC(CC)NC(=O)C[NH+](CC)CC(=O)Nc1ccc(OC)cc1. The fraction of sp³-hybridized carbons (Fsp3) is 0.556. The number of benzene rings is 1. The second kappa shape index (κ2) is 10.6. The molecule has 0 heterocycles. The predicted octanol–water partition coefficient (Wildman–Crippen LogP) is 0.843. The third-order valence-corrected chi connectivity index (χ3v) is 4.05. The summed E-state index contributed by atoms with van der Waals surface area (Å²) in [5.41, 5.74) is 0.720. The third kappa shape index (κ3) is 7.00. The fourth-order valence-corrected chi connectivity index (χ4v) is 2.42. The molecule has 0 spiro atoms. The number of nitrogens with one attached hydrogen (secondary N) is 3. The van der Waals surface area contributed by atoms with Gasteiger partial charge in [0.2, 0.25) is 0 Å². The van der Waals surface area contributed by atoms with Gasteiger partial charge < -0.3 is 20.3 Å². The second-order valence-electron chi connectivity index (χ2n) is 5.81. The normalized spacial score (nSPS) is 11.9. The van der Waals surface area contributed by atoms with E-state index >= 15 is 0 Å². The molecular formula is C18H30N3O3+. The fourth-order valence-electron chi connectivity index (χ4n) is 2.42. The van der Waals surface area contributed by atoms with E-state index in [2.05, 4.69) is 24.5 Å². The number of carbonyl (C=O) groups excluding carboxylic acids is 2. The van der Waals surface area contributed by atoms with E-state index in [-0.39, 0.29) is 24.4 Å². The number of carbonyl (C=O) groups is 2. The van der Waals surface area contributed by atoms with Crippen molar-refractivity contribution in [2.75, 3.05) is 32.1 Å². The molecule has 0 bridgehead atoms. The van der Waals surface area contributed by atoms with Crippen LogP contribution in [-0.2, 0) is 9.59 Å². The van der Waals surface area contributed by atoms with Crippen molar-refractivity contribution >= 4 is 17.5 Å². The van der Waals surface area contributed by atoms with Gasteiger partial charge >= 0.3 is 0 Å². The van der Waals surface area contributed by atoms with E-state index in [0.29, 0.717) is 13.1 Å².